The smallest absolute Gasteiger partial charge is 0.264 e. The minimum Gasteiger partial charge on any atom is -0.335 e. The van der Waals surface area contributed by atoms with Gasteiger partial charge in [0.15, 0.2) is 0 Å². The SMILES string of the molecule is C[C@@H]1CN(C(=O)c2cc3c(s2)CCC3)CCN1. The molecule has 1 N–H and O–H groups in total. The monoisotopic (exact) mass is 250 g/mol. The molecular formula is C13H18N2OS. The highest BCUT2D eigenvalue weighted by Gasteiger charge is 2.25. The molecule has 3 rings (SSSR count). The van der Waals surface area contributed by atoms with Crippen molar-refractivity contribution in [2.45, 2.75) is 32.2 Å². The molecule has 1 atom stereocenters. The molecular weight excluding hydrogens is 232 g/mol. The van der Waals surface area contributed by atoms with Crippen LogP contribution < -0.4 is 5.32 Å². The Morgan fingerprint density at radius 1 is 1.53 bits per heavy atom. The van der Waals surface area contributed by atoms with Gasteiger partial charge >= 0.3 is 0 Å². The topological polar surface area (TPSA) is 32.3 Å². The van der Waals surface area contributed by atoms with Gasteiger partial charge in [-0.25, -0.2) is 0 Å². The Labute approximate surface area is 106 Å². The van der Waals surface area contributed by atoms with Crippen LogP contribution in [0.1, 0.15) is 33.5 Å². The predicted molar refractivity (Wildman–Crippen MR) is 69.7 cm³/mol. The molecule has 0 saturated carbocycles. The highest BCUT2D eigenvalue weighted by Crippen LogP contribution is 2.31. The van der Waals surface area contributed by atoms with E-state index in [4.69, 9.17) is 0 Å². The second-order valence-corrected chi connectivity index (χ2v) is 6.16. The van der Waals surface area contributed by atoms with E-state index >= 15 is 0 Å². The zero-order valence-electron chi connectivity index (χ0n) is 10.2. The summed E-state index contributed by atoms with van der Waals surface area (Å²) in [5.74, 6) is 0.234. The molecule has 1 aromatic rings. The molecule has 0 radical (unpaired) electrons. The summed E-state index contributed by atoms with van der Waals surface area (Å²) in [6, 6.07) is 2.54. The van der Waals surface area contributed by atoms with Crippen molar-refractivity contribution < 1.29 is 4.79 Å². The number of piperazine rings is 1. The van der Waals surface area contributed by atoms with E-state index in [1.807, 2.05) is 4.90 Å². The first kappa shape index (κ1) is 11.2. The zero-order valence-corrected chi connectivity index (χ0v) is 11.0. The Bertz CT molecular complexity index is 419. The fraction of sp³-hybridized carbons (Fsp3) is 0.615. The van der Waals surface area contributed by atoms with E-state index < -0.39 is 0 Å². The predicted octanol–water partition coefficient (Wildman–Crippen LogP) is 1.67. The maximum absolute atomic E-state index is 12.4. The highest BCUT2D eigenvalue weighted by molar-refractivity contribution is 7.14. The molecule has 92 valence electrons. The number of nitrogens with one attached hydrogen (secondary N) is 1. The number of nitrogens with zero attached hydrogens (tertiary/aromatic N) is 1. The van der Waals surface area contributed by atoms with E-state index in [1.165, 1.54) is 23.3 Å². The van der Waals surface area contributed by atoms with Gasteiger partial charge < -0.3 is 10.2 Å². The lowest BCUT2D eigenvalue weighted by molar-refractivity contribution is 0.0714. The molecule has 0 aromatic carbocycles. The van der Waals surface area contributed by atoms with Gasteiger partial charge in [-0.15, -0.1) is 11.3 Å². The van der Waals surface area contributed by atoms with Crippen molar-refractivity contribution in [1.29, 1.82) is 0 Å². The van der Waals surface area contributed by atoms with Gasteiger partial charge in [0.05, 0.1) is 4.88 Å². The van der Waals surface area contributed by atoms with Crippen LogP contribution in [0.2, 0.25) is 0 Å². The molecule has 3 nitrogen and oxygen atoms in total. The number of hydrogen-bond acceptors (Lipinski definition) is 3. The second-order valence-electron chi connectivity index (χ2n) is 5.02. The van der Waals surface area contributed by atoms with Crippen molar-refractivity contribution in [2.75, 3.05) is 19.6 Å². The van der Waals surface area contributed by atoms with Gasteiger partial charge in [-0.1, -0.05) is 0 Å². The molecule has 0 unspecified atom stereocenters. The van der Waals surface area contributed by atoms with E-state index in [2.05, 4.69) is 18.3 Å². The third kappa shape index (κ3) is 2.11. The summed E-state index contributed by atoms with van der Waals surface area (Å²) in [6.07, 6.45) is 3.60. The minimum absolute atomic E-state index is 0.234. The summed E-state index contributed by atoms with van der Waals surface area (Å²) in [6.45, 7) is 4.72. The van der Waals surface area contributed by atoms with Crippen molar-refractivity contribution in [3.8, 4) is 0 Å². The second kappa shape index (κ2) is 4.42. The van der Waals surface area contributed by atoms with E-state index in [1.54, 1.807) is 11.3 Å². The number of amides is 1. The van der Waals surface area contributed by atoms with Crippen LogP contribution in [-0.4, -0.2) is 36.5 Å². The number of thiophene rings is 1. The summed E-state index contributed by atoms with van der Waals surface area (Å²) < 4.78 is 0. The average molecular weight is 250 g/mol. The normalized spacial score (nSPS) is 23.8. The first-order valence-electron chi connectivity index (χ1n) is 6.38. The highest BCUT2D eigenvalue weighted by atomic mass is 32.1. The molecule has 2 aliphatic rings. The summed E-state index contributed by atoms with van der Waals surface area (Å²) in [5.41, 5.74) is 1.42. The molecule has 17 heavy (non-hydrogen) atoms. The molecule has 0 bridgehead atoms. The number of rotatable bonds is 1. The molecule has 1 amide bonds. The van der Waals surface area contributed by atoms with Crippen LogP contribution in [0.4, 0.5) is 0 Å². The van der Waals surface area contributed by atoms with Crippen LogP contribution in [0, 0.1) is 0 Å². The largest absolute Gasteiger partial charge is 0.335 e. The quantitative estimate of drug-likeness (QED) is 0.822. The Kier molecular flexibility index (Phi) is 2.92. The van der Waals surface area contributed by atoms with Gasteiger partial charge in [0.2, 0.25) is 0 Å². The van der Waals surface area contributed by atoms with Gasteiger partial charge in [-0.05, 0) is 37.8 Å². The van der Waals surface area contributed by atoms with Crippen LogP contribution in [-0.2, 0) is 12.8 Å². The first-order chi connectivity index (χ1) is 8.24. The Morgan fingerprint density at radius 2 is 2.41 bits per heavy atom. The van der Waals surface area contributed by atoms with E-state index in [0.29, 0.717) is 6.04 Å². The lowest BCUT2D eigenvalue weighted by Gasteiger charge is -2.31. The lowest BCUT2D eigenvalue weighted by Crippen LogP contribution is -2.51. The molecule has 1 aliphatic heterocycles. The third-order valence-corrected chi connectivity index (χ3v) is 4.84. The summed E-state index contributed by atoms with van der Waals surface area (Å²) >= 11 is 1.71. The molecule has 1 fully saturated rings. The summed E-state index contributed by atoms with van der Waals surface area (Å²) in [5, 5.41) is 3.37. The Balaban J connectivity index is 1.76. The molecule has 1 saturated heterocycles. The molecule has 1 aromatic heterocycles. The summed E-state index contributed by atoms with van der Waals surface area (Å²) in [4.78, 5) is 16.7. The number of hydrogen-bond donors (Lipinski definition) is 1. The maximum atomic E-state index is 12.4. The standard InChI is InChI=1S/C13H18N2OS/c1-9-8-15(6-5-14-9)13(16)12-7-10-3-2-4-11(10)17-12/h7,9,14H,2-6,8H2,1H3/t9-/m1/s1. The van der Waals surface area contributed by atoms with E-state index in [0.717, 1.165) is 30.9 Å². The van der Waals surface area contributed by atoms with Crippen LogP contribution in [0.25, 0.3) is 0 Å². The molecule has 1 aliphatic carbocycles. The van der Waals surface area contributed by atoms with Crippen LogP contribution in [0.15, 0.2) is 6.07 Å². The molecule has 4 heteroatoms. The van der Waals surface area contributed by atoms with Crippen molar-refractivity contribution in [3.05, 3.63) is 21.4 Å². The number of fused-ring (bicyclic) bond motifs is 1. The lowest BCUT2D eigenvalue weighted by atomic mass is 10.2. The van der Waals surface area contributed by atoms with Crippen LogP contribution in [0.3, 0.4) is 0 Å². The molecule has 2 heterocycles. The van der Waals surface area contributed by atoms with Crippen LogP contribution in [0.5, 0.6) is 0 Å². The van der Waals surface area contributed by atoms with Crippen molar-refractivity contribution in [1.82, 2.24) is 10.2 Å². The maximum Gasteiger partial charge on any atom is 0.264 e. The average Bonchev–Trinajstić information content (AvgIpc) is 2.88. The summed E-state index contributed by atoms with van der Waals surface area (Å²) in [7, 11) is 0. The fourth-order valence-electron chi connectivity index (χ4n) is 2.71. The number of carbonyl (C=O) groups excluding carboxylic acids is 1. The van der Waals surface area contributed by atoms with E-state index in [-0.39, 0.29) is 5.91 Å². The number of aryl methyl sites for hydroxylation is 2. The van der Waals surface area contributed by atoms with Crippen molar-refractivity contribution in [2.24, 2.45) is 0 Å². The van der Waals surface area contributed by atoms with Gasteiger partial charge in [0.25, 0.3) is 5.91 Å². The van der Waals surface area contributed by atoms with Crippen LogP contribution >= 0.6 is 11.3 Å². The fourth-order valence-corrected chi connectivity index (χ4v) is 3.93. The minimum atomic E-state index is 0.234. The van der Waals surface area contributed by atoms with Gasteiger partial charge in [0.1, 0.15) is 0 Å². The number of carbonyl (C=O) groups is 1. The van der Waals surface area contributed by atoms with Gasteiger partial charge in [-0.3, -0.25) is 4.79 Å². The van der Waals surface area contributed by atoms with Crippen molar-refractivity contribution >= 4 is 17.2 Å². The Morgan fingerprint density at radius 3 is 3.18 bits per heavy atom. The third-order valence-electron chi connectivity index (χ3n) is 3.61. The Hall–Kier alpha value is -0.870. The van der Waals surface area contributed by atoms with Gasteiger partial charge in [-0.2, -0.15) is 0 Å². The first-order valence-corrected chi connectivity index (χ1v) is 7.20. The van der Waals surface area contributed by atoms with Gasteiger partial charge in [0, 0.05) is 30.6 Å². The molecule has 0 spiro atoms. The van der Waals surface area contributed by atoms with E-state index in [9.17, 15) is 4.79 Å². The zero-order chi connectivity index (χ0) is 11.8. The van der Waals surface area contributed by atoms with Crippen molar-refractivity contribution in [3.63, 3.8) is 0 Å².